The molecule has 0 atom stereocenters. The van der Waals surface area contributed by atoms with Gasteiger partial charge in [-0.25, -0.2) is 0 Å². The molecule has 0 amide bonds. The minimum atomic E-state index is -0.0676. The molecule has 3 heteroatoms. The minimum absolute atomic E-state index is 0.0676. The third-order valence-electron chi connectivity index (χ3n) is 3.63. The van der Waals surface area contributed by atoms with E-state index in [1.54, 1.807) is 0 Å². The summed E-state index contributed by atoms with van der Waals surface area (Å²) in [4.78, 5) is 0. The molecule has 0 radical (unpaired) electrons. The number of aliphatic hydroxyl groups is 1. The van der Waals surface area contributed by atoms with Gasteiger partial charge in [-0.05, 0) is 25.7 Å². The number of hydrogen-bond acceptors (Lipinski definition) is 3. The van der Waals surface area contributed by atoms with Crippen molar-refractivity contribution in [2.24, 2.45) is 0 Å². The summed E-state index contributed by atoms with van der Waals surface area (Å²) in [5, 5.41) is 8.75. The van der Waals surface area contributed by atoms with Gasteiger partial charge in [-0.3, -0.25) is 0 Å². The molecule has 3 nitrogen and oxygen atoms in total. The number of rotatable bonds is 17. The topological polar surface area (TPSA) is 38.7 Å². The quantitative estimate of drug-likeness (QED) is 0.227. The summed E-state index contributed by atoms with van der Waals surface area (Å²) in [7, 11) is 0. The van der Waals surface area contributed by atoms with Crippen LogP contribution in [0, 0.1) is 0 Å². The van der Waals surface area contributed by atoms with Gasteiger partial charge in [-0.15, -0.1) is 0 Å². The van der Waals surface area contributed by atoms with Crippen LogP contribution in [0.5, 0.6) is 0 Å². The summed E-state index contributed by atoms with van der Waals surface area (Å²) in [5.41, 5.74) is 0. The van der Waals surface area contributed by atoms with Crippen LogP contribution in [0.1, 0.15) is 84.5 Å². The Bertz CT molecular complexity index is 215. The Morgan fingerprint density at radius 3 is 1.82 bits per heavy atom. The number of unbranched alkanes of at least 4 members (excludes halogenated alkanes) is 6. The second-order valence-electron chi connectivity index (χ2n) is 5.85. The molecule has 22 heavy (non-hydrogen) atoms. The average Bonchev–Trinajstić information content (AvgIpc) is 2.53. The Morgan fingerprint density at radius 2 is 1.32 bits per heavy atom. The van der Waals surface area contributed by atoms with E-state index < -0.39 is 0 Å². The van der Waals surface area contributed by atoms with Crippen molar-refractivity contribution in [2.45, 2.75) is 90.8 Å². The number of hydrogen-bond donors (Lipinski definition) is 1. The Kier molecular flexibility index (Phi) is 18.3. The van der Waals surface area contributed by atoms with Gasteiger partial charge in [0.05, 0.1) is 0 Å². The second-order valence-corrected chi connectivity index (χ2v) is 5.85. The molecular weight excluding hydrogens is 276 g/mol. The molecule has 0 saturated carbocycles. The van der Waals surface area contributed by atoms with Gasteiger partial charge in [0.2, 0.25) is 0 Å². The van der Waals surface area contributed by atoms with Crippen LogP contribution in [0.25, 0.3) is 0 Å². The monoisotopic (exact) mass is 314 g/mol. The molecule has 0 spiro atoms. The van der Waals surface area contributed by atoms with E-state index in [9.17, 15) is 0 Å². The summed E-state index contributed by atoms with van der Waals surface area (Å²) >= 11 is 0. The molecule has 0 aromatic rings. The summed E-state index contributed by atoms with van der Waals surface area (Å²) in [6.45, 7) is 6.28. The van der Waals surface area contributed by atoms with E-state index in [1.807, 2.05) is 6.08 Å². The largest absolute Gasteiger partial charge is 0.396 e. The maximum absolute atomic E-state index is 8.75. The summed E-state index contributed by atoms with van der Waals surface area (Å²) in [5.74, 6) is 0. The van der Waals surface area contributed by atoms with Crippen LogP contribution in [0.4, 0.5) is 0 Å². The molecule has 0 rings (SSSR count). The van der Waals surface area contributed by atoms with Crippen molar-refractivity contribution < 1.29 is 14.6 Å². The first kappa shape index (κ1) is 21.6. The van der Waals surface area contributed by atoms with E-state index in [-0.39, 0.29) is 12.9 Å². The Labute approximate surface area is 138 Å². The summed E-state index contributed by atoms with van der Waals surface area (Å²) in [6.07, 6.45) is 16.5. The van der Waals surface area contributed by atoms with Crippen molar-refractivity contribution in [1.82, 2.24) is 0 Å². The first-order valence-electron chi connectivity index (χ1n) is 9.34. The number of allylic oxidation sites excluding steroid dienone is 1. The fraction of sp³-hybridized carbons (Fsp3) is 0.895. The van der Waals surface area contributed by atoms with Crippen molar-refractivity contribution >= 4 is 0 Å². The zero-order valence-corrected chi connectivity index (χ0v) is 14.9. The highest BCUT2D eigenvalue weighted by molar-refractivity contribution is 4.81. The highest BCUT2D eigenvalue weighted by atomic mass is 16.7. The molecule has 0 saturated heterocycles. The first-order valence-corrected chi connectivity index (χ1v) is 9.34. The van der Waals surface area contributed by atoms with E-state index in [1.165, 1.54) is 38.5 Å². The van der Waals surface area contributed by atoms with E-state index in [2.05, 4.69) is 19.9 Å². The Balaban J connectivity index is 3.81. The maximum atomic E-state index is 8.75. The third kappa shape index (κ3) is 16.0. The van der Waals surface area contributed by atoms with Gasteiger partial charge < -0.3 is 14.6 Å². The zero-order valence-electron chi connectivity index (χ0n) is 14.9. The lowest BCUT2D eigenvalue weighted by Gasteiger charge is -2.18. The fourth-order valence-corrected chi connectivity index (χ4v) is 2.24. The average molecular weight is 315 g/mol. The molecule has 0 heterocycles. The van der Waals surface area contributed by atoms with Crippen molar-refractivity contribution in [3.8, 4) is 0 Å². The minimum Gasteiger partial charge on any atom is -0.396 e. The Hall–Kier alpha value is -0.380. The van der Waals surface area contributed by atoms with Gasteiger partial charge in [0, 0.05) is 26.2 Å². The molecule has 0 aliphatic rings. The predicted molar refractivity (Wildman–Crippen MR) is 94.1 cm³/mol. The second kappa shape index (κ2) is 18.7. The summed E-state index contributed by atoms with van der Waals surface area (Å²) < 4.78 is 11.8. The highest BCUT2D eigenvalue weighted by Gasteiger charge is 2.08. The highest BCUT2D eigenvalue weighted by Crippen LogP contribution is 2.10. The van der Waals surface area contributed by atoms with E-state index in [4.69, 9.17) is 14.6 Å². The number of aliphatic hydroxyl groups excluding tert-OH is 1. The molecule has 0 unspecified atom stereocenters. The van der Waals surface area contributed by atoms with E-state index in [0.717, 1.165) is 45.3 Å². The van der Waals surface area contributed by atoms with Gasteiger partial charge in [-0.2, -0.15) is 0 Å². The van der Waals surface area contributed by atoms with E-state index >= 15 is 0 Å². The maximum Gasteiger partial charge on any atom is 0.157 e. The lowest BCUT2D eigenvalue weighted by molar-refractivity contribution is -0.146. The van der Waals surface area contributed by atoms with Gasteiger partial charge in [0.25, 0.3) is 0 Å². The lowest BCUT2D eigenvalue weighted by Crippen LogP contribution is -2.18. The zero-order chi connectivity index (χ0) is 16.3. The van der Waals surface area contributed by atoms with Gasteiger partial charge >= 0.3 is 0 Å². The third-order valence-corrected chi connectivity index (χ3v) is 3.63. The molecule has 1 N–H and O–H groups in total. The molecule has 0 aromatic carbocycles. The fourth-order valence-electron chi connectivity index (χ4n) is 2.24. The van der Waals surface area contributed by atoms with Crippen molar-refractivity contribution in [2.75, 3.05) is 19.8 Å². The lowest BCUT2D eigenvalue weighted by atomic mass is 10.2. The molecule has 0 fully saturated rings. The molecule has 0 bridgehead atoms. The molecule has 0 aliphatic heterocycles. The standard InChI is InChI=1S/C19H38O3/c1-3-5-7-13-17-21-19(15-11-9-10-12-16-20)22-18-14-8-6-4-2/h9-10,19-20H,3-8,11-18H2,1-2H3/b10-9+. The SMILES string of the molecule is CCCCCCOC(CC/C=C/CCO)OCCCCCC. The molecule has 132 valence electrons. The van der Waals surface area contributed by atoms with Gasteiger partial charge in [-0.1, -0.05) is 64.5 Å². The normalized spacial score (nSPS) is 11.8. The van der Waals surface area contributed by atoms with Crippen LogP contribution in [-0.4, -0.2) is 31.2 Å². The van der Waals surface area contributed by atoms with Crippen LogP contribution in [0.2, 0.25) is 0 Å². The molecular formula is C19H38O3. The number of ether oxygens (including phenoxy) is 2. The molecule has 0 aromatic heterocycles. The van der Waals surface area contributed by atoms with Crippen LogP contribution in [0.3, 0.4) is 0 Å². The first-order chi connectivity index (χ1) is 10.8. The van der Waals surface area contributed by atoms with Crippen molar-refractivity contribution in [1.29, 1.82) is 0 Å². The van der Waals surface area contributed by atoms with Crippen molar-refractivity contribution in [3.05, 3.63) is 12.2 Å². The smallest absolute Gasteiger partial charge is 0.157 e. The van der Waals surface area contributed by atoms with Crippen LogP contribution in [0.15, 0.2) is 12.2 Å². The Morgan fingerprint density at radius 1 is 0.773 bits per heavy atom. The van der Waals surface area contributed by atoms with Gasteiger partial charge in [0.1, 0.15) is 0 Å². The van der Waals surface area contributed by atoms with Crippen LogP contribution < -0.4 is 0 Å². The van der Waals surface area contributed by atoms with Crippen LogP contribution in [-0.2, 0) is 9.47 Å². The van der Waals surface area contributed by atoms with Gasteiger partial charge in [0.15, 0.2) is 6.29 Å². The van der Waals surface area contributed by atoms with Crippen molar-refractivity contribution in [3.63, 3.8) is 0 Å². The summed E-state index contributed by atoms with van der Waals surface area (Å²) in [6, 6.07) is 0. The molecule has 0 aliphatic carbocycles. The predicted octanol–water partition coefficient (Wildman–Crippen LogP) is 5.23. The van der Waals surface area contributed by atoms with E-state index in [0.29, 0.717) is 0 Å². The van der Waals surface area contributed by atoms with Crippen LogP contribution >= 0.6 is 0 Å².